The van der Waals surface area contributed by atoms with Crippen LogP contribution >= 0.6 is 11.3 Å². The number of nitrogens with one attached hydrogen (secondary N) is 1. The van der Waals surface area contributed by atoms with Crippen molar-refractivity contribution < 1.29 is 8.42 Å². The summed E-state index contributed by atoms with van der Waals surface area (Å²) in [5, 5.41) is 8.53. The first-order valence-corrected chi connectivity index (χ1v) is 7.58. The molecule has 0 saturated carbocycles. The van der Waals surface area contributed by atoms with Crippen molar-refractivity contribution in [2.75, 3.05) is 4.72 Å². The molecule has 18 heavy (non-hydrogen) atoms. The quantitative estimate of drug-likeness (QED) is 0.938. The molecule has 96 valence electrons. The second-order valence-electron chi connectivity index (χ2n) is 4.00. The van der Waals surface area contributed by atoms with Crippen molar-refractivity contribution in [1.82, 2.24) is 10.2 Å². The van der Waals surface area contributed by atoms with Gasteiger partial charge in [-0.05, 0) is 32.4 Å². The predicted molar refractivity (Wildman–Crippen MR) is 71.4 cm³/mol. The summed E-state index contributed by atoms with van der Waals surface area (Å²) in [7, 11) is -3.59. The van der Waals surface area contributed by atoms with Crippen LogP contribution in [0, 0.1) is 20.8 Å². The van der Waals surface area contributed by atoms with E-state index in [2.05, 4.69) is 14.9 Å². The number of nitrogens with zero attached hydrogens (tertiary/aromatic N) is 2. The summed E-state index contributed by atoms with van der Waals surface area (Å²) in [5.74, 6) is 0. The zero-order chi connectivity index (χ0) is 13.3. The number of aryl methyl sites for hydroxylation is 3. The highest BCUT2D eigenvalue weighted by atomic mass is 32.2. The molecule has 0 fully saturated rings. The Bertz CT molecular complexity index is 677. The van der Waals surface area contributed by atoms with Gasteiger partial charge in [-0.1, -0.05) is 29.0 Å². The monoisotopic (exact) mass is 283 g/mol. The van der Waals surface area contributed by atoms with Gasteiger partial charge in [0, 0.05) is 0 Å². The van der Waals surface area contributed by atoms with Crippen LogP contribution in [0.5, 0.6) is 0 Å². The fourth-order valence-electron chi connectivity index (χ4n) is 1.61. The lowest BCUT2D eigenvalue weighted by molar-refractivity contribution is 0.600. The van der Waals surface area contributed by atoms with Crippen LogP contribution in [0.4, 0.5) is 5.13 Å². The van der Waals surface area contributed by atoms with Gasteiger partial charge < -0.3 is 0 Å². The molecule has 7 heteroatoms. The largest absolute Gasteiger partial charge is 0.263 e. The van der Waals surface area contributed by atoms with E-state index in [1.165, 1.54) is 11.3 Å². The maximum Gasteiger partial charge on any atom is 0.263 e. The number of hydrogen-bond acceptors (Lipinski definition) is 5. The van der Waals surface area contributed by atoms with E-state index in [9.17, 15) is 8.42 Å². The second-order valence-corrected chi connectivity index (χ2v) is 6.83. The van der Waals surface area contributed by atoms with E-state index in [4.69, 9.17) is 0 Å². The molecule has 0 aliphatic carbocycles. The van der Waals surface area contributed by atoms with Crippen LogP contribution in [0.3, 0.4) is 0 Å². The van der Waals surface area contributed by atoms with Crippen molar-refractivity contribution in [3.05, 3.63) is 34.3 Å². The first-order chi connectivity index (χ1) is 8.38. The summed E-state index contributed by atoms with van der Waals surface area (Å²) in [6.07, 6.45) is 0. The molecule has 0 unspecified atom stereocenters. The van der Waals surface area contributed by atoms with Gasteiger partial charge in [-0.15, -0.1) is 10.2 Å². The zero-order valence-corrected chi connectivity index (χ0v) is 11.9. The van der Waals surface area contributed by atoms with Gasteiger partial charge in [0.15, 0.2) is 0 Å². The maximum atomic E-state index is 12.2. The van der Waals surface area contributed by atoms with Crippen LogP contribution in [-0.2, 0) is 10.0 Å². The standard InChI is InChI=1S/C11H13N3O2S2/c1-7-4-5-10(8(2)6-7)18(15,16)14-11-13-12-9(3)17-11/h4-6H,1-3H3,(H,13,14). The molecular formula is C11H13N3O2S2. The maximum absolute atomic E-state index is 12.2. The fourth-order valence-corrected chi connectivity index (χ4v) is 3.66. The minimum Gasteiger partial charge on any atom is -0.253 e. The van der Waals surface area contributed by atoms with E-state index in [0.29, 0.717) is 10.6 Å². The number of anilines is 1. The molecule has 0 amide bonds. The van der Waals surface area contributed by atoms with E-state index in [1.807, 2.05) is 13.0 Å². The van der Waals surface area contributed by atoms with Crippen molar-refractivity contribution in [3.63, 3.8) is 0 Å². The molecule has 2 rings (SSSR count). The lowest BCUT2D eigenvalue weighted by Gasteiger charge is -2.08. The van der Waals surface area contributed by atoms with Crippen molar-refractivity contribution in [1.29, 1.82) is 0 Å². The second kappa shape index (κ2) is 4.66. The third-order valence-corrected chi connectivity index (χ3v) is 4.75. The Kier molecular flexibility index (Phi) is 3.36. The summed E-state index contributed by atoms with van der Waals surface area (Å²) < 4.78 is 26.8. The molecule has 1 N–H and O–H groups in total. The Labute approximate surface area is 110 Å². The number of aromatic nitrogens is 2. The van der Waals surface area contributed by atoms with Gasteiger partial charge in [0.2, 0.25) is 5.13 Å². The van der Waals surface area contributed by atoms with E-state index in [-0.39, 0.29) is 10.0 Å². The highest BCUT2D eigenvalue weighted by molar-refractivity contribution is 7.93. The summed E-state index contributed by atoms with van der Waals surface area (Å²) in [6.45, 7) is 5.46. The van der Waals surface area contributed by atoms with Gasteiger partial charge >= 0.3 is 0 Å². The minimum atomic E-state index is -3.59. The van der Waals surface area contributed by atoms with Crippen molar-refractivity contribution in [2.24, 2.45) is 0 Å². The van der Waals surface area contributed by atoms with Crippen LogP contribution in [0.15, 0.2) is 23.1 Å². The molecule has 0 bridgehead atoms. The van der Waals surface area contributed by atoms with Crippen molar-refractivity contribution in [2.45, 2.75) is 25.7 Å². The topological polar surface area (TPSA) is 72.0 Å². The number of hydrogen-bond donors (Lipinski definition) is 1. The van der Waals surface area contributed by atoms with Gasteiger partial charge in [-0.3, -0.25) is 4.72 Å². The van der Waals surface area contributed by atoms with Crippen molar-refractivity contribution in [3.8, 4) is 0 Å². The molecule has 0 spiro atoms. The molecule has 1 heterocycles. The number of sulfonamides is 1. The van der Waals surface area contributed by atoms with Crippen LogP contribution in [0.2, 0.25) is 0 Å². The van der Waals surface area contributed by atoms with Gasteiger partial charge in [-0.25, -0.2) is 8.42 Å². The molecule has 1 aromatic heterocycles. The molecule has 0 aliphatic heterocycles. The Morgan fingerprint density at radius 3 is 2.44 bits per heavy atom. The van der Waals surface area contributed by atoms with Crippen molar-refractivity contribution >= 4 is 26.5 Å². The predicted octanol–water partition coefficient (Wildman–Crippen LogP) is 2.26. The Morgan fingerprint density at radius 1 is 1.17 bits per heavy atom. The normalized spacial score (nSPS) is 11.5. The summed E-state index contributed by atoms with van der Waals surface area (Å²) >= 11 is 1.21. The molecular weight excluding hydrogens is 270 g/mol. The first-order valence-electron chi connectivity index (χ1n) is 5.29. The Balaban J connectivity index is 2.36. The van der Waals surface area contributed by atoms with Gasteiger partial charge in [0.25, 0.3) is 10.0 Å². The molecule has 0 aliphatic rings. The molecule has 1 aromatic carbocycles. The molecule has 0 saturated heterocycles. The molecule has 5 nitrogen and oxygen atoms in total. The lowest BCUT2D eigenvalue weighted by Crippen LogP contribution is -2.14. The number of rotatable bonds is 3. The first kappa shape index (κ1) is 13.0. The van der Waals surface area contributed by atoms with Gasteiger partial charge in [-0.2, -0.15) is 0 Å². The number of benzene rings is 1. The van der Waals surface area contributed by atoms with E-state index in [0.717, 1.165) is 5.56 Å². The lowest BCUT2D eigenvalue weighted by atomic mass is 10.2. The highest BCUT2D eigenvalue weighted by Crippen LogP contribution is 2.22. The van der Waals surface area contributed by atoms with Crippen LogP contribution in [0.1, 0.15) is 16.1 Å². The Hall–Kier alpha value is -1.47. The minimum absolute atomic E-state index is 0.265. The highest BCUT2D eigenvalue weighted by Gasteiger charge is 2.18. The van der Waals surface area contributed by atoms with Gasteiger partial charge in [0.1, 0.15) is 5.01 Å². The van der Waals surface area contributed by atoms with E-state index >= 15 is 0 Å². The average molecular weight is 283 g/mol. The molecule has 2 aromatic rings. The summed E-state index contributed by atoms with van der Waals surface area (Å²) in [5.41, 5.74) is 1.74. The smallest absolute Gasteiger partial charge is 0.253 e. The fraction of sp³-hybridized carbons (Fsp3) is 0.273. The third kappa shape index (κ3) is 2.68. The zero-order valence-electron chi connectivity index (χ0n) is 10.3. The molecule has 0 atom stereocenters. The average Bonchev–Trinajstić information content (AvgIpc) is 2.62. The van der Waals surface area contributed by atoms with E-state index in [1.54, 1.807) is 26.0 Å². The third-order valence-electron chi connectivity index (χ3n) is 2.37. The molecule has 0 radical (unpaired) electrons. The summed E-state index contributed by atoms with van der Waals surface area (Å²) in [6, 6.07) is 5.20. The SMILES string of the molecule is Cc1ccc(S(=O)(=O)Nc2nnc(C)s2)c(C)c1. The van der Waals surface area contributed by atoms with Gasteiger partial charge in [0.05, 0.1) is 4.90 Å². The Morgan fingerprint density at radius 2 is 1.89 bits per heavy atom. The van der Waals surface area contributed by atoms with Crippen LogP contribution in [0.25, 0.3) is 0 Å². The van der Waals surface area contributed by atoms with E-state index < -0.39 is 10.0 Å². The summed E-state index contributed by atoms with van der Waals surface area (Å²) in [4.78, 5) is 0.265. The van der Waals surface area contributed by atoms with Crippen LogP contribution < -0.4 is 4.72 Å². The van der Waals surface area contributed by atoms with Crippen LogP contribution in [-0.4, -0.2) is 18.6 Å².